The number of hydrogen-bond acceptors (Lipinski definition) is 3. The quantitative estimate of drug-likeness (QED) is 0.820. The lowest BCUT2D eigenvalue weighted by atomic mass is 9.94. The monoisotopic (exact) mass is 250 g/mol. The zero-order valence-corrected chi connectivity index (χ0v) is 11.7. The van der Waals surface area contributed by atoms with Gasteiger partial charge in [0.15, 0.2) is 5.79 Å². The van der Waals surface area contributed by atoms with E-state index in [1.165, 1.54) is 11.1 Å². The van der Waals surface area contributed by atoms with Crippen LogP contribution < -0.4 is 4.74 Å². The van der Waals surface area contributed by atoms with Crippen molar-refractivity contribution in [1.82, 2.24) is 0 Å². The van der Waals surface area contributed by atoms with Crippen molar-refractivity contribution in [2.45, 2.75) is 39.9 Å². The van der Waals surface area contributed by atoms with E-state index in [-0.39, 0.29) is 0 Å². The molecule has 3 nitrogen and oxygen atoms in total. The Labute approximate surface area is 109 Å². The predicted octanol–water partition coefficient (Wildman–Crippen LogP) is 3.31. The van der Waals surface area contributed by atoms with Gasteiger partial charge >= 0.3 is 0 Å². The van der Waals surface area contributed by atoms with Crippen LogP contribution in [-0.2, 0) is 15.3 Å². The number of rotatable bonds is 4. The van der Waals surface area contributed by atoms with Crippen LogP contribution >= 0.6 is 0 Å². The van der Waals surface area contributed by atoms with E-state index in [2.05, 4.69) is 26.8 Å². The molecule has 1 heterocycles. The van der Waals surface area contributed by atoms with Gasteiger partial charge < -0.3 is 14.2 Å². The first kappa shape index (κ1) is 13.4. The van der Waals surface area contributed by atoms with Gasteiger partial charge in [0.2, 0.25) is 0 Å². The Morgan fingerprint density at radius 1 is 1.11 bits per heavy atom. The first-order valence-electron chi connectivity index (χ1n) is 6.66. The molecule has 1 aromatic rings. The summed E-state index contributed by atoms with van der Waals surface area (Å²) in [5, 5.41) is 0. The molecule has 0 bridgehead atoms. The summed E-state index contributed by atoms with van der Waals surface area (Å²) in [6.07, 6.45) is 0.821. The first-order chi connectivity index (χ1) is 8.64. The zero-order valence-electron chi connectivity index (χ0n) is 11.7. The van der Waals surface area contributed by atoms with Crippen LogP contribution in [0.4, 0.5) is 0 Å². The van der Waals surface area contributed by atoms with Gasteiger partial charge in [-0.2, -0.15) is 0 Å². The second kappa shape index (κ2) is 5.29. The molecule has 1 aliphatic heterocycles. The van der Waals surface area contributed by atoms with Gasteiger partial charge in [0.25, 0.3) is 0 Å². The molecule has 0 spiro atoms. The molecular formula is C15H22O3. The predicted molar refractivity (Wildman–Crippen MR) is 71.0 cm³/mol. The molecule has 1 aliphatic rings. The number of hydrogen-bond donors (Lipinski definition) is 0. The lowest BCUT2D eigenvalue weighted by Crippen LogP contribution is -2.27. The molecule has 0 aliphatic carbocycles. The van der Waals surface area contributed by atoms with Crippen LogP contribution in [0.3, 0.4) is 0 Å². The van der Waals surface area contributed by atoms with Crippen molar-refractivity contribution in [3.05, 3.63) is 28.8 Å². The van der Waals surface area contributed by atoms with Crippen molar-refractivity contribution < 1.29 is 14.2 Å². The van der Waals surface area contributed by atoms with E-state index in [4.69, 9.17) is 14.2 Å². The van der Waals surface area contributed by atoms with E-state index in [0.29, 0.717) is 19.8 Å². The van der Waals surface area contributed by atoms with Gasteiger partial charge in [-0.25, -0.2) is 0 Å². The van der Waals surface area contributed by atoms with Crippen LogP contribution in [0, 0.1) is 13.8 Å². The van der Waals surface area contributed by atoms with Gasteiger partial charge in [-0.1, -0.05) is 6.92 Å². The van der Waals surface area contributed by atoms with E-state index in [9.17, 15) is 0 Å². The van der Waals surface area contributed by atoms with E-state index >= 15 is 0 Å². The van der Waals surface area contributed by atoms with E-state index in [1.807, 2.05) is 13.0 Å². The van der Waals surface area contributed by atoms with Crippen LogP contribution in [0.5, 0.6) is 5.75 Å². The van der Waals surface area contributed by atoms with Crippen molar-refractivity contribution in [2.75, 3.05) is 19.8 Å². The summed E-state index contributed by atoms with van der Waals surface area (Å²) < 4.78 is 17.3. The van der Waals surface area contributed by atoms with E-state index in [1.54, 1.807) is 0 Å². The average molecular weight is 250 g/mol. The maximum Gasteiger partial charge on any atom is 0.194 e. The van der Waals surface area contributed by atoms with Gasteiger partial charge in [-0.3, -0.25) is 0 Å². The Morgan fingerprint density at radius 3 is 2.33 bits per heavy atom. The summed E-state index contributed by atoms with van der Waals surface area (Å²) in [4.78, 5) is 0. The molecule has 0 unspecified atom stereocenters. The highest BCUT2D eigenvalue weighted by atomic mass is 16.7. The van der Waals surface area contributed by atoms with Crippen molar-refractivity contribution in [3.63, 3.8) is 0 Å². The molecule has 0 amide bonds. The minimum atomic E-state index is -0.556. The Bertz CT molecular complexity index is 420. The third kappa shape index (κ3) is 2.13. The summed E-state index contributed by atoms with van der Waals surface area (Å²) >= 11 is 0. The molecule has 0 atom stereocenters. The summed E-state index contributed by atoms with van der Waals surface area (Å²) in [7, 11) is 0. The molecule has 1 saturated heterocycles. The summed E-state index contributed by atoms with van der Waals surface area (Å²) in [5.41, 5.74) is 3.49. The Morgan fingerprint density at radius 2 is 1.78 bits per heavy atom. The Kier molecular flexibility index (Phi) is 3.93. The highest BCUT2D eigenvalue weighted by Crippen LogP contribution is 2.39. The third-order valence-electron chi connectivity index (χ3n) is 3.67. The Hall–Kier alpha value is -1.06. The normalized spacial score (nSPS) is 18.0. The lowest BCUT2D eigenvalue weighted by Gasteiger charge is -2.29. The molecule has 0 saturated carbocycles. The van der Waals surface area contributed by atoms with Gasteiger partial charge in [0.1, 0.15) is 5.75 Å². The topological polar surface area (TPSA) is 27.7 Å². The standard InChI is InChI=1S/C15H22O3/c1-5-15(17-9-10-18-15)13-7-8-14(16-6-2)12(4)11(13)3/h7-8H,5-6,9-10H2,1-4H3. The van der Waals surface area contributed by atoms with E-state index < -0.39 is 5.79 Å². The average Bonchev–Trinajstić information content (AvgIpc) is 2.85. The molecule has 0 radical (unpaired) electrons. The van der Waals surface area contributed by atoms with Gasteiger partial charge in [0.05, 0.1) is 19.8 Å². The van der Waals surface area contributed by atoms with Crippen molar-refractivity contribution in [1.29, 1.82) is 0 Å². The first-order valence-corrected chi connectivity index (χ1v) is 6.66. The molecule has 1 aromatic carbocycles. The highest BCUT2D eigenvalue weighted by molar-refractivity contribution is 5.45. The third-order valence-corrected chi connectivity index (χ3v) is 3.67. The van der Waals surface area contributed by atoms with Crippen LogP contribution in [0.15, 0.2) is 12.1 Å². The van der Waals surface area contributed by atoms with Crippen LogP contribution in [0.2, 0.25) is 0 Å². The molecule has 1 fully saturated rings. The highest BCUT2D eigenvalue weighted by Gasteiger charge is 2.38. The Balaban J connectivity index is 2.43. The summed E-state index contributed by atoms with van der Waals surface area (Å²) in [5.74, 6) is 0.391. The van der Waals surface area contributed by atoms with Crippen LogP contribution in [0.1, 0.15) is 37.0 Å². The van der Waals surface area contributed by atoms with Crippen molar-refractivity contribution in [3.8, 4) is 5.75 Å². The SMILES string of the molecule is CCOc1ccc(C2(CC)OCCO2)c(C)c1C. The van der Waals surface area contributed by atoms with Crippen molar-refractivity contribution >= 4 is 0 Å². The molecule has 3 heteroatoms. The number of benzene rings is 1. The van der Waals surface area contributed by atoms with Crippen molar-refractivity contribution in [2.24, 2.45) is 0 Å². The molecule has 0 N–H and O–H groups in total. The molecular weight excluding hydrogens is 228 g/mol. The van der Waals surface area contributed by atoms with Gasteiger partial charge in [-0.15, -0.1) is 0 Å². The minimum absolute atomic E-state index is 0.556. The fraction of sp³-hybridized carbons (Fsp3) is 0.600. The maximum atomic E-state index is 5.85. The molecule has 100 valence electrons. The van der Waals surface area contributed by atoms with Crippen LogP contribution in [0.25, 0.3) is 0 Å². The van der Waals surface area contributed by atoms with Gasteiger partial charge in [0, 0.05) is 12.0 Å². The lowest BCUT2D eigenvalue weighted by molar-refractivity contribution is -0.168. The molecule has 18 heavy (non-hydrogen) atoms. The number of ether oxygens (including phenoxy) is 3. The summed E-state index contributed by atoms with van der Waals surface area (Å²) in [6, 6.07) is 4.09. The fourth-order valence-electron chi connectivity index (χ4n) is 2.53. The summed E-state index contributed by atoms with van der Waals surface area (Å²) in [6.45, 7) is 10.3. The zero-order chi connectivity index (χ0) is 13.2. The second-order valence-corrected chi connectivity index (χ2v) is 4.60. The maximum absolute atomic E-state index is 5.85. The van der Waals surface area contributed by atoms with E-state index in [0.717, 1.165) is 17.7 Å². The molecule has 0 aromatic heterocycles. The van der Waals surface area contributed by atoms with Gasteiger partial charge in [-0.05, 0) is 44.0 Å². The largest absolute Gasteiger partial charge is 0.494 e. The minimum Gasteiger partial charge on any atom is -0.494 e. The fourth-order valence-corrected chi connectivity index (χ4v) is 2.53. The van der Waals surface area contributed by atoms with Crippen LogP contribution in [-0.4, -0.2) is 19.8 Å². The smallest absolute Gasteiger partial charge is 0.194 e. The second-order valence-electron chi connectivity index (χ2n) is 4.60. The molecule has 2 rings (SSSR count).